The van der Waals surface area contributed by atoms with Crippen LogP contribution >= 0.6 is 0 Å². The number of hydrogen-bond acceptors (Lipinski definition) is 3. The molecule has 0 saturated carbocycles. The minimum absolute atomic E-state index is 0.292. The zero-order chi connectivity index (χ0) is 12.5. The molecule has 4 heteroatoms. The van der Waals surface area contributed by atoms with Gasteiger partial charge in [0.1, 0.15) is 5.75 Å². The van der Waals surface area contributed by atoms with Gasteiger partial charge in [-0.1, -0.05) is 26.2 Å². The predicted molar refractivity (Wildman–Crippen MR) is 67.7 cm³/mol. The molecule has 1 amide bonds. The summed E-state index contributed by atoms with van der Waals surface area (Å²) in [5.74, 6) is 5.53. The highest BCUT2D eigenvalue weighted by atomic mass is 16.5. The summed E-state index contributed by atoms with van der Waals surface area (Å²) in [4.78, 5) is 11.2. The SMILES string of the molecule is CCCCCCOc1ccc(C(=O)NN)cc1. The molecule has 1 aromatic rings. The number of ether oxygens (including phenoxy) is 1. The molecule has 94 valence electrons. The molecule has 0 bridgehead atoms. The van der Waals surface area contributed by atoms with Crippen molar-refractivity contribution in [2.45, 2.75) is 32.6 Å². The summed E-state index contributed by atoms with van der Waals surface area (Å²) in [6, 6.07) is 6.96. The van der Waals surface area contributed by atoms with Gasteiger partial charge in [-0.15, -0.1) is 0 Å². The van der Waals surface area contributed by atoms with Crippen LogP contribution in [-0.4, -0.2) is 12.5 Å². The summed E-state index contributed by atoms with van der Waals surface area (Å²) in [7, 11) is 0. The maximum atomic E-state index is 11.2. The smallest absolute Gasteiger partial charge is 0.265 e. The van der Waals surface area contributed by atoms with Gasteiger partial charge in [-0.2, -0.15) is 0 Å². The van der Waals surface area contributed by atoms with E-state index in [1.54, 1.807) is 24.3 Å². The fourth-order valence-electron chi connectivity index (χ4n) is 1.50. The Hall–Kier alpha value is -1.55. The standard InChI is InChI=1S/C13H20N2O2/c1-2-3-4-5-10-17-12-8-6-11(7-9-12)13(16)15-14/h6-9H,2-5,10,14H2,1H3,(H,15,16). The predicted octanol–water partition coefficient (Wildman–Crippen LogP) is 2.25. The van der Waals surface area contributed by atoms with Crippen LogP contribution < -0.4 is 16.0 Å². The Labute approximate surface area is 102 Å². The molecule has 0 spiro atoms. The number of carbonyl (C=O) groups is 1. The normalized spacial score (nSPS) is 10.0. The van der Waals surface area contributed by atoms with Crippen molar-refractivity contribution in [3.05, 3.63) is 29.8 Å². The van der Waals surface area contributed by atoms with Crippen LogP contribution in [0.2, 0.25) is 0 Å². The number of nitrogens with two attached hydrogens (primary N) is 1. The highest BCUT2D eigenvalue weighted by molar-refractivity contribution is 5.93. The van der Waals surface area contributed by atoms with Gasteiger partial charge in [0.25, 0.3) is 5.91 Å². The number of nitrogens with one attached hydrogen (secondary N) is 1. The molecular formula is C13H20N2O2. The van der Waals surface area contributed by atoms with Gasteiger partial charge in [0.15, 0.2) is 0 Å². The zero-order valence-corrected chi connectivity index (χ0v) is 10.2. The summed E-state index contributed by atoms with van der Waals surface area (Å²) in [6.45, 7) is 2.91. The van der Waals surface area contributed by atoms with Crippen LogP contribution in [0.4, 0.5) is 0 Å². The van der Waals surface area contributed by atoms with Crippen molar-refractivity contribution >= 4 is 5.91 Å². The number of carbonyl (C=O) groups excluding carboxylic acids is 1. The van der Waals surface area contributed by atoms with E-state index in [1.165, 1.54) is 19.3 Å². The molecule has 0 radical (unpaired) electrons. The van der Waals surface area contributed by atoms with E-state index in [2.05, 4.69) is 12.3 Å². The summed E-state index contributed by atoms with van der Waals surface area (Å²) in [6.07, 6.45) is 4.74. The fraction of sp³-hybridized carbons (Fsp3) is 0.462. The van der Waals surface area contributed by atoms with E-state index >= 15 is 0 Å². The van der Waals surface area contributed by atoms with Gasteiger partial charge in [-0.05, 0) is 30.7 Å². The van der Waals surface area contributed by atoms with Gasteiger partial charge in [0.05, 0.1) is 6.61 Å². The van der Waals surface area contributed by atoms with E-state index in [-0.39, 0.29) is 5.91 Å². The van der Waals surface area contributed by atoms with Crippen LogP contribution in [0.15, 0.2) is 24.3 Å². The Morgan fingerprint density at radius 1 is 1.24 bits per heavy atom. The average molecular weight is 236 g/mol. The van der Waals surface area contributed by atoms with E-state index in [1.807, 2.05) is 0 Å². The van der Waals surface area contributed by atoms with Crippen LogP contribution in [0.25, 0.3) is 0 Å². The molecule has 0 fully saturated rings. The molecule has 1 aromatic carbocycles. The van der Waals surface area contributed by atoms with Crippen molar-refractivity contribution in [1.29, 1.82) is 0 Å². The van der Waals surface area contributed by atoms with Crippen molar-refractivity contribution in [2.24, 2.45) is 5.84 Å². The van der Waals surface area contributed by atoms with E-state index in [0.717, 1.165) is 18.8 Å². The lowest BCUT2D eigenvalue weighted by molar-refractivity contribution is 0.0953. The molecule has 0 unspecified atom stereocenters. The maximum Gasteiger partial charge on any atom is 0.265 e. The minimum Gasteiger partial charge on any atom is -0.494 e. The first-order valence-electron chi connectivity index (χ1n) is 6.01. The van der Waals surface area contributed by atoms with Crippen LogP contribution in [0.5, 0.6) is 5.75 Å². The van der Waals surface area contributed by atoms with Crippen molar-refractivity contribution in [1.82, 2.24) is 5.43 Å². The second-order valence-electron chi connectivity index (χ2n) is 3.91. The lowest BCUT2D eigenvalue weighted by Crippen LogP contribution is -2.29. The summed E-state index contributed by atoms with van der Waals surface area (Å²) >= 11 is 0. The van der Waals surface area contributed by atoms with Crippen LogP contribution in [0.1, 0.15) is 43.0 Å². The number of rotatable bonds is 7. The summed E-state index contributed by atoms with van der Waals surface area (Å²) in [5, 5.41) is 0. The molecule has 0 aliphatic rings. The Morgan fingerprint density at radius 3 is 2.53 bits per heavy atom. The van der Waals surface area contributed by atoms with E-state index in [9.17, 15) is 4.79 Å². The third-order valence-electron chi connectivity index (χ3n) is 2.51. The Morgan fingerprint density at radius 2 is 1.94 bits per heavy atom. The zero-order valence-electron chi connectivity index (χ0n) is 10.2. The summed E-state index contributed by atoms with van der Waals surface area (Å²) < 4.78 is 5.56. The first-order valence-corrected chi connectivity index (χ1v) is 6.01. The van der Waals surface area contributed by atoms with Crippen LogP contribution in [-0.2, 0) is 0 Å². The maximum absolute atomic E-state index is 11.2. The number of hydrazine groups is 1. The van der Waals surface area contributed by atoms with Crippen LogP contribution in [0, 0.1) is 0 Å². The second-order valence-corrected chi connectivity index (χ2v) is 3.91. The van der Waals surface area contributed by atoms with Crippen molar-refractivity contribution < 1.29 is 9.53 Å². The topological polar surface area (TPSA) is 64.3 Å². The average Bonchev–Trinajstić information content (AvgIpc) is 2.38. The van der Waals surface area contributed by atoms with Gasteiger partial charge in [-0.25, -0.2) is 5.84 Å². The van der Waals surface area contributed by atoms with Crippen molar-refractivity contribution in [3.8, 4) is 5.75 Å². The molecule has 0 heterocycles. The summed E-state index contributed by atoms with van der Waals surface area (Å²) in [5.41, 5.74) is 2.62. The van der Waals surface area contributed by atoms with Gasteiger partial charge >= 0.3 is 0 Å². The number of unbranched alkanes of at least 4 members (excludes halogenated alkanes) is 3. The number of nitrogen functional groups attached to an aromatic ring is 1. The lowest BCUT2D eigenvalue weighted by Gasteiger charge is -2.06. The molecule has 0 saturated heterocycles. The highest BCUT2D eigenvalue weighted by Gasteiger charge is 2.02. The molecule has 4 nitrogen and oxygen atoms in total. The molecule has 1 rings (SSSR count). The van der Waals surface area contributed by atoms with Gasteiger partial charge in [0.2, 0.25) is 0 Å². The lowest BCUT2D eigenvalue weighted by atomic mass is 10.2. The van der Waals surface area contributed by atoms with Crippen molar-refractivity contribution in [3.63, 3.8) is 0 Å². The molecule has 17 heavy (non-hydrogen) atoms. The highest BCUT2D eigenvalue weighted by Crippen LogP contribution is 2.12. The second kappa shape index (κ2) is 7.68. The van der Waals surface area contributed by atoms with Crippen LogP contribution in [0.3, 0.4) is 0 Å². The number of benzene rings is 1. The van der Waals surface area contributed by atoms with Gasteiger partial charge in [-0.3, -0.25) is 10.2 Å². The fourth-order valence-corrected chi connectivity index (χ4v) is 1.50. The van der Waals surface area contributed by atoms with Gasteiger partial charge in [0, 0.05) is 5.56 Å². The molecule has 0 atom stereocenters. The first kappa shape index (κ1) is 13.5. The minimum atomic E-state index is -0.292. The quantitative estimate of drug-likeness (QED) is 0.330. The molecule has 3 N–H and O–H groups in total. The largest absolute Gasteiger partial charge is 0.494 e. The molecule has 0 aromatic heterocycles. The molecular weight excluding hydrogens is 216 g/mol. The number of hydrogen-bond donors (Lipinski definition) is 2. The molecule has 0 aliphatic carbocycles. The van der Waals surface area contributed by atoms with E-state index < -0.39 is 0 Å². The Kier molecular flexibility index (Phi) is 6.10. The first-order chi connectivity index (χ1) is 8.27. The number of amides is 1. The Bertz CT molecular complexity index is 336. The molecule has 0 aliphatic heterocycles. The van der Waals surface area contributed by atoms with E-state index in [0.29, 0.717) is 5.56 Å². The third kappa shape index (κ3) is 4.87. The van der Waals surface area contributed by atoms with Crippen molar-refractivity contribution in [2.75, 3.05) is 6.61 Å². The monoisotopic (exact) mass is 236 g/mol. The van der Waals surface area contributed by atoms with Gasteiger partial charge < -0.3 is 4.74 Å². The third-order valence-corrected chi connectivity index (χ3v) is 2.51. The van der Waals surface area contributed by atoms with E-state index in [4.69, 9.17) is 10.6 Å². The Balaban J connectivity index is 2.33.